The van der Waals surface area contributed by atoms with Gasteiger partial charge in [0, 0.05) is 22.8 Å². The summed E-state index contributed by atoms with van der Waals surface area (Å²) in [5.41, 5.74) is 9.17. The van der Waals surface area contributed by atoms with E-state index in [1.807, 2.05) is 66.9 Å². The predicted molar refractivity (Wildman–Crippen MR) is 129 cm³/mol. The second-order valence-electron chi connectivity index (χ2n) is 7.47. The monoisotopic (exact) mass is 423 g/mol. The van der Waals surface area contributed by atoms with Gasteiger partial charge >= 0.3 is 0 Å². The fraction of sp³-hybridized carbons (Fsp3) is 0.115. The summed E-state index contributed by atoms with van der Waals surface area (Å²) >= 11 is 0. The Morgan fingerprint density at radius 3 is 2.16 bits per heavy atom. The molecule has 3 aromatic carbocycles. The van der Waals surface area contributed by atoms with Crippen LogP contribution in [0.5, 0.6) is 11.5 Å². The molecule has 5 rings (SSSR count). The van der Waals surface area contributed by atoms with Gasteiger partial charge in [0.05, 0.1) is 14.2 Å². The summed E-state index contributed by atoms with van der Waals surface area (Å²) in [6.45, 7) is 0. The molecule has 6 heteroatoms. The molecule has 1 aliphatic rings. The van der Waals surface area contributed by atoms with Crippen molar-refractivity contribution in [3.8, 4) is 11.5 Å². The van der Waals surface area contributed by atoms with Crippen LogP contribution in [0.4, 0.5) is 0 Å². The third-order valence-corrected chi connectivity index (χ3v) is 5.54. The van der Waals surface area contributed by atoms with Crippen LogP contribution < -0.4 is 14.9 Å². The van der Waals surface area contributed by atoms with Crippen molar-refractivity contribution in [1.82, 2.24) is 10.4 Å². The molecule has 0 unspecified atom stereocenters. The maximum absolute atomic E-state index is 5.32. The van der Waals surface area contributed by atoms with E-state index in [1.54, 1.807) is 14.2 Å². The van der Waals surface area contributed by atoms with Crippen LogP contribution in [0.25, 0.3) is 27.6 Å². The van der Waals surface area contributed by atoms with Gasteiger partial charge in [-0.15, -0.1) is 0 Å². The highest BCUT2D eigenvalue weighted by atomic mass is 16.5. The topological polar surface area (TPSA) is 72.7 Å². The number of aromatic amines is 1. The predicted octanol–water partition coefficient (Wildman–Crippen LogP) is 5.54. The standard InChI is InChI=1S/C26H23N4O2/c1-31-20-11-7-17(8-12-20)25-26(18-9-13-21(32-2)14-10-18)30-29-24(28-25)15-19-16-27-23-6-4-3-5-22(19)23/h3-14,16,27,30H,15H2,1-2H3/q-1. The second-order valence-corrected chi connectivity index (χ2v) is 7.47. The zero-order valence-corrected chi connectivity index (χ0v) is 17.9. The number of H-pyrrole nitrogens is 1. The van der Waals surface area contributed by atoms with E-state index in [-0.39, 0.29) is 0 Å². The summed E-state index contributed by atoms with van der Waals surface area (Å²) in [5, 5.41) is 10.7. The first kappa shape index (κ1) is 19.8. The molecule has 0 fully saturated rings. The molecule has 0 spiro atoms. The summed E-state index contributed by atoms with van der Waals surface area (Å²) < 4.78 is 10.6. The molecule has 160 valence electrons. The van der Waals surface area contributed by atoms with Crippen molar-refractivity contribution in [3.05, 3.63) is 101 Å². The number of aromatic nitrogens is 1. The van der Waals surface area contributed by atoms with E-state index in [0.717, 1.165) is 50.9 Å². The lowest BCUT2D eigenvalue weighted by Gasteiger charge is -2.32. The molecular weight excluding hydrogens is 400 g/mol. The van der Waals surface area contributed by atoms with Crippen LogP contribution in [-0.2, 0) is 6.42 Å². The van der Waals surface area contributed by atoms with E-state index in [2.05, 4.69) is 27.6 Å². The van der Waals surface area contributed by atoms with Crippen molar-refractivity contribution >= 4 is 28.1 Å². The Kier molecular flexibility index (Phi) is 5.25. The Balaban J connectivity index is 1.49. The number of para-hydroxylation sites is 1. The number of amidine groups is 1. The lowest BCUT2D eigenvalue weighted by molar-refractivity contribution is 0.414. The minimum Gasteiger partial charge on any atom is -0.497 e. The highest BCUT2D eigenvalue weighted by Crippen LogP contribution is 2.34. The SMILES string of the molecule is COc1ccc(C2=C(c3ccc(OC)cc3)NN=C(Cc3c[nH]c4ccccc34)[N-]2)cc1. The van der Waals surface area contributed by atoms with Crippen molar-refractivity contribution < 1.29 is 9.47 Å². The van der Waals surface area contributed by atoms with Crippen LogP contribution in [0.3, 0.4) is 0 Å². The Hall–Kier alpha value is -4.19. The molecule has 0 atom stereocenters. The van der Waals surface area contributed by atoms with Gasteiger partial charge in [0.15, 0.2) is 0 Å². The molecule has 2 N–H and O–H groups in total. The quantitative estimate of drug-likeness (QED) is 0.427. The largest absolute Gasteiger partial charge is 0.497 e. The molecule has 0 bridgehead atoms. The fourth-order valence-electron chi connectivity index (χ4n) is 3.83. The number of ether oxygens (including phenoxy) is 2. The molecule has 0 radical (unpaired) electrons. The lowest BCUT2D eigenvalue weighted by atomic mass is 10.0. The smallest absolute Gasteiger partial charge is 0.118 e. The number of methoxy groups -OCH3 is 2. The van der Waals surface area contributed by atoms with Crippen molar-refractivity contribution in [2.24, 2.45) is 5.10 Å². The van der Waals surface area contributed by atoms with Gasteiger partial charge in [-0.1, -0.05) is 36.2 Å². The minimum absolute atomic E-state index is 0.618. The van der Waals surface area contributed by atoms with E-state index in [0.29, 0.717) is 6.42 Å². The van der Waals surface area contributed by atoms with Gasteiger partial charge in [-0.05, 0) is 71.3 Å². The highest BCUT2D eigenvalue weighted by Gasteiger charge is 2.13. The Morgan fingerprint density at radius 2 is 1.47 bits per heavy atom. The van der Waals surface area contributed by atoms with Crippen LogP contribution in [-0.4, -0.2) is 25.0 Å². The van der Waals surface area contributed by atoms with Gasteiger partial charge in [-0.25, -0.2) is 0 Å². The number of hydrogen-bond acceptors (Lipinski definition) is 4. The van der Waals surface area contributed by atoms with Gasteiger partial charge < -0.3 is 30.3 Å². The zero-order valence-electron chi connectivity index (χ0n) is 17.9. The van der Waals surface area contributed by atoms with Crippen molar-refractivity contribution in [2.75, 3.05) is 14.2 Å². The minimum atomic E-state index is 0.618. The Labute approximate surface area is 186 Å². The Morgan fingerprint density at radius 1 is 0.812 bits per heavy atom. The van der Waals surface area contributed by atoms with E-state index in [1.165, 1.54) is 5.39 Å². The lowest BCUT2D eigenvalue weighted by Crippen LogP contribution is -2.18. The molecule has 6 nitrogen and oxygen atoms in total. The fourth-order valence-corrected chi connectivity index (χ4v) is 3.83. The van der Waals surface area contributed by atoms with E-state index in [9.17, 15) is 0 Å². The molecule has 4 aromatic rings. The molecule has 0 aliphatic carbocycles. The third kappa shape index (κ3) is 3.78. The summed E-state index contributed by atoms with van der Waals surface area (Å²) in [7, 11) is 3.32. The van der Waals surface area contributed by atoms with E-state index < -0.39 is 0 Å². The molecule has 1 aromatic heterocycles. The summed E-state index contributed by atoms with van der Waals surface area (Å²) in [5.74, 6) is 2.33. The van der Waals surface area contributed by atoms with Crippen LogP contribution in [0.2, 0.25) is 0 Å². The first-order chi connectivity index (χ1) is 15.7. The van der Waals surface area contributed by atoms with Crippen molar-refractivity contribution in [1.29, 1.82) is 0 Å². The van der Waals surface area contributed by atoms with Gasteiger partial charge in [-0.2, -0.15) is 0 Å². The summed E-state index contributed by atoms with van der Waals surface area (Å²) in [6, 6.07) is 24.0. The first-order valence-corrected chi connectivity index (χ1v) is 10.4. The maximum atomic E-state index is 5.32. The van der Waals surface area contributed by atoms with Crippen LogP contribution in [0.1, 0.15) is 16.7 Å². The van der Waals surface area contributed by atoms with E-state index >= 15 is 0 Å². The van der Waals surface area contributed by atoms with Gasteiger partial charge in [0.25, 0.3) is 0 Å². The van der Waals surface area contributed by atoms with Crippen LogP contribution >= 0.6 is 0 Å². The number of hydrogen-bond donors (Lipinski definition) is 2. The average Bonchev–Trinajstić information content (AvgIpc) is 3.27. The Bertz CT molecular complexity index is 1300. The van der Waals surface area contributed by atoms with Gasteiger partial charge in [0.2, 0.25) is 0 Å². The van der Waals surface area contributed by atoms with Gasteiger partial charge in [0.1, 0.15) is 11.5 Å². The molecular formula is C26H23N4O2-. The second kappa shape index (κ2) is 8.51. The molecule has 0 amide bonds. The summed E-state index contributed by atoms with van der Waals surface area (Å²) in [4.78, 5) is 3.32. The van der Waals surface area contributed by atoms with Crippen LogP contribution in [0.15, 0.2) is 84.1 Å². The normalized spacial score (nSPS) is 13.4. The van der Waals surface area contributed by atoms with E-state index in [4.69, 9.17) is 14.8 Å². The molecule has 0 saturated heterocycles. The number of nitrogens with one attached hydrogen (secondary N) is 2. The molecule has 1 aliphatic heterocycles. The number of nitrogens with zero attached hydrogens (tertiary/aromatic N) is 2. The molecule has 0 saturated carbocycles. The first-order valence-electron chi connectivity index (χ1n) is 10.4. The van der Waals surface area contributed by atoms with Gasteiger partial charge in [-0.3, -0.25) is 0 Å². The third-order valence-electron chi connectivity index (χ3n) is 5.54. The number of benzene rings is 3. The number of hydrazone groups is 1. The zero-order chi connectivity index (χ0) is 21.9. The number of rotatable bonds is 6. The van der Waals surface area contributed by atoms with Crippen LogP contribution in [0, 0.1) is 0 Å². The number of fused-ring (bicyclic) bond motifs is 1. The molecule has 32 heavy (non-hydrogen) atoms. The van der Waals surface area contributed by atoms with Crippen molar-refractivity contribution in [2.45, 2.75) is 6.42 Å². The average molecular weight is 423 g/mol. The highest BCUT2D eigenvalue weighted by molar-refractivity contribution is 6.14. The van der Waals surface area contributed by atoms with Crippen molar-refractivity contribution in [3.63, 3.8) is 0 Å². The maximum Gasteiger partial charge on any atom is 0.118 e. The molecule has 2 heterocycles. The summed E-state index contributed by atoms with van der Waals surface area (Å²) in [6.07, 6.45) is 2.64.